The number of nitrogens with two attached hydrogens (primary N) is 1. The van der Waals surface area contributed by atoms with Gasteiger partial charge in [-0.2, -0.15) is 0 Å². The van der Waals surface area contributed by atoms with Gasteiger partial charge in [-0.25, -0.2) is 8.42 Å². The van der Waals surface area contributed by atoms with Gasteiger partial charge in [0.2, 0.25) is 0 Å². The summed E-state index contributed by atoms with van der Waals surface area (Å²) in [6, 6.07) is 4.22. The molecule has 0 aliphatic heterocycles. The van der Waals surface area contributed by atoms with Gasteiger partial charge in [-0.1, -0.05) is 0 Å². The minimum Gasteiger partial charge on any atom is -0.480 e. The van der Waals surface area contributed by atoms with E-state index in [0.29, 0.717) is 0 Å². The van der Waals surface area contributed by atoms with Crippen molar-refractivity contribution in [3.63, 3.8) is 0 Å². The predicted octanol–water partition coefficient (Wildman–Crippen LogP) is -0.378. The first-order valence-electron chi connectivity index (χ1n) is 5.84. The lowest BCUT2D eigenvalue weighted by atomic mass is 10.2. The van der Waals surface area contributed by atoms with Gasteiger partial charge in [0.15, 0.2) is 9.84 Å². The molecule has 0 spiro atoms. The summed E-state index contributed by atoms with van der Waals surface area (Å²) in [6.45, 7) is 1.35. The zero-order valence-electron chi connectivity index (χ0n) is 10.9. The van der Waals surface area contributed by atoms with Crippen LogP contribution in [0.1, 0.15) is 17.3 Å². The summed E-state index contributed by atoms with van der Waals surface area (Å²) in [5, 5.41) is 11.0. The molecule has 1 aromatic carbocycles. The van der Waals surface area contributed by atoms with Crippen molar-refractivity contribution < 1.29 is 23.1 Å². The van der Waals surface area contributed by atoms with Crippen molar-refractivity contribution in [3.05, 3.63) is 29.8 Å². The molecule has 1 unspecified atom stereocenters. The molecule has 0 saturated carbocycles. The fourth-order valence-corrected chi connectivity index (χ4v) is 2.53. The average molecular weight is 300 g/mol. The summed E-state index contributed by atoms with van der Waals surface area (Å²) in [6.07, 6.45) is 0. The number of sulfone groups is 1. The van der Waals surface area contributed by atoms with E-state index in [1.807, 2.05) is 0 Å². The number of carbonyl (C=O) groups is 2. The van der Waals surface area contributed by atoms with Gasteiger partial charge in [0, 0.05) is 12.1 Å². The van der Waals surface area contributed by atoms with Gasteiger partial charge in [-0.3, -0.25) is 9.59 Å². The Morgan fingerprint density at radius 2 is 1.85 bits per heavy atom. The summed E-state index contributed by atoms with van der Waals surface area (Å²) in [5.74, 6) is -1.91. The first-order chi connectivity index (χ1) is 9.27. The standard InChI is InChI=1S/C12H16N2O5S/c1-8(12(16)17)14-11(15)9-2-4-10(5-3-9)20(18,19)7-6-13/h2-5,8H,6-7,13H2,1H3,(H,14,15)(H,16,17). The van der Waals surface area contributed by atoms with Crippen molar-refractivity contribution in [2.45, 2.75) is 17.9 Å². The molecule has 7 nitrogen and oxygen atoms in total. The van der Waals surface area contributed by atoms with Crippen molar-refractivity contribution in [1.82, 2.24) is 5.32 Å². The third-order valence-corrected chi connectivity index (χ3v) is 4.34. The lowest BCUT2D eigenvalue weighted by Gasteiger charge is -2.09. The fourth-order valence-electron chi connectivity index (χ4n) is 1.43. The van der Waals surface area contributed by atoms with Crippen molar-refractivity contribution >= 4 is 21.7 Å². The first kappa shape index (κ1) is 16.1. The van der Waals surface area contributed by atoms with E-state index < -0.39 is 27.8 Å². The number of hydrogen-bond donors (Lipinski definition) is 3. The number of carboxylic acids is 1. The van der Waals surface area contributed by atoms with Gasteiger partial charge in [0.1, 0.15) is 6.04 Å². The zero-order chi connectivity index (χ0) is 15.3. The van der Waals surface area contributed by atoms with Crippen LogP contribution in [0.5, 0.6) is 0 Å². The summed E-state index contributed by atoms with van der Waals surface area (Å²) in [5.41, 5.74) is 5.40. The Labute approximate surface area is 116 Å². The third-order valence-electron chi connectivity index (χ3n) is 2.58. The molecule has 1 rings (SSSR count). The first-order valence-corrected chi connectivity index (χ1v) is 7.49. The number of carbonyl (C=O) groups excluding carboxylic acids is 1. The van der Waals surface area contributed by atoms with Crippen LogP contribution in [0, 0.1) is 0 Å². The second kappa shape index (κ2) is 6.49. The summed E-state index contributed by atoms with van der Waals surface area (Å²) < 4.78 is 23.4. The molecule has 110 valence electrons. The molecule has 1 amide bonds. The molecule has 0 aromatic heterocycles. The van der Waals surface area contributed by atoms with E-state index in [4.69, 9.17) is 10.8 Å². The number of nitrogens with one attached hydrogen (secondary N) is 1. The molecule has 0 aliphatic carbocycles. The minimum atomic E-state index is -3.44. The smallest absolute Gasteiger partial charge is 0.325 e. The molecule has 0 heterocycles. The lowest BCUT2D eigenvalue weighted by Crippen LogP contribution is -2.38. The largest absolute Gasteiger partial charge is 0.480 e. The monoisotopic (exact) mass is 300 g/mol. The van der Waals surface area contributed by atoms with Crippen LogP contribution >= 0.6 is 0 Å². The quantitative estimate of drug-likeness (QED) is 0.657. The zero-order valence-corrected chi connectivity index (χ0v) is 11.7. The van der Waals surface area contributed by atoms with Crippen molar-refractivity contribution in [3.8, 4) is 0 Å². The van der Waals surface area contributed by atoms with E-state index in [9.17, 15) is 18.0 Å². The van der Waals surface area contributed by atoms with Crippen LogP contribution in [0.25, 0.3) is 0 Å². The Morgan fingerprint density at radius 1 is 1.30 bits per heavy atom. The summed E-state index contributed by atoms with van der Waals surface area (Å²) in [4.78, 5) is 22.4. The number of rotatable bonds is 6. The van der Waals surface area contributed by atoms with Crippen LogP contribution in [-0.2, 0) is 14.6 Å². The molecule has 0 saturated heterocycles. The van der Waals surface area contributed by atoms with Gasteiger partial charge < -0.3 is 16.2 Å². The van der Waals surface area contributed by atoms with Crippen LogP contribution in [0.2, 0.25) is 0 Å². The van der Waals surface area contributed by atoms with Crippen LogP contribution in [0.15, 0.2) is 29.2 Å². The minimum absolute atomic E-state index is 0.0146. The Balaban J connectivity index is 2.87. The molecule has 0 aliphatic rings. The molecular weight excluding hydrogens is 284 g/mol. The predicted molar refractivity (Wildman–Crippen MR) is 72.1 cm³/mol. The average Bonchev–Trinajstić information content (AvgIpc) is 2.38. The molecule has 1 atom stereocenters. The SMILES string of the molecule is CC(NC(=O)c1ccc(S(=O)(=O)CCN)cc1)C(=O)O. The summed E-state index contributed by atoms with van der Waals surface area (Å²) in [7, 11) is -3.44. The van der Waals surface area contributed by atoms with Gasteiger partial charge in [0.05, 0.1) is 10.6 Å². The Bertz CT molecular complexity index is 595. The van der Waals surface area contributed by atoms with Crippen molar-refractivity contribution in [2.75, 3.05) is 12.3 Å². The lowest BCUT2D eigenvalue weighted by molar-refractivity contribution is -0.138. The molecule has 0 fully saturated rings. The molecular formula is C12H16N2O5S. The maximum Gasteiger partial charge on any atom is 0.325 e. The molecule has 4 N–H and O–H groups in total. The van der Waals surface area contributed by atoms with E-state index in [1.165, 1.54) is 31.2 Å². The number of amides is 1. The normalized spacial score (nSPS) is 12.7. The number of carboxylic acid groups (broad SMARTS) is 1. The third kappa shape index (κ3) is 4.04. The van der Waals surface area contributed by atoms with Crippen LogP contribution in [-0.4, -0.2) is 43.7 Å². The van der Waals surface area contributed by atoms with Crippen molar-refractivity contribution in [1.29, 1.82) is 0 Å². The highest BCUT2D eigenvalue weighted by molar-refractivity contribution is 7.91. The maximum atomic E-state index is 11.7. The second-order valence-electron chi connectivity index (χ2n) is 4.17. The highest BCUT2D eigenvalue weighted by Crippen LogP contribution is 2.12. The fraction of sp³-hybridized carbons (Fsp3) is 0.333. The molecule has 0 radical (unpaired) electrons. The molecule has 20 heavy (non-hydrogen) atoms. The van der Waals surface area contributed by atoms with E-state index in [-0.39, 0.29) is 22.8 Å². The molecule has 8 heteroatoms. The topological polar surface area (TPSA) is 127 Å². The van der Waals surface area contributed by atoms with Crippen molar-refractivity contribution in [2.24, 2.45) is 5.73 Å². The van der Waals surface area contributed by atoms with E-state index in [2.05, 4.69) is 5.32 Å². The van der Waals surface area contributed by atoms with Crippen LogP contribution in [0.4, 0.5) is 0 Å². The Kier molecular flexibility index (Phi) is 5.23. The number of hydrogen-bond acceptors (Lipinski definition) is 5. The van der Waals surface area contributed by atoms with E-state index >= 15 is 0 Å². The Hall–Kier alpha value is -1.93. The van der Waals surface area contributed by atoms with Gasteiger partial charge in [-0.05, 0) is 31.2 Å². The second-order valence-corrected chi connectivity index (χ2v) is 6.27. The van der Waals surface area contributed by atoms with Gasteiger partial charge >= 0.3 is 5.97 Å². The number of benzene rings is 1. The number of aliphatic carboxylic acids is 1. The van der Waals surface area contributed by atoms with E-state index in [1.54, 1.807) is 0 Å². The molecule has 0 bridgehead atoms. The van der Waals surface area contributed by atoms with E-state index in [0.717, 1.165) is 0 Å². The Morgan fingerprint density at radius 3 is 2.30 bits per heavy atom. The molecule has 1 aromatic rings. The maximum absolute atomic E-state index is 11.7. The van der Waals surface area contributed by atoms with Gasteiger partial charge in [-0.15, -0.1) is 0 Å². The van der Waals surface area contributed by atoms with Crippen LogP contribution < -0.4 is 11.1 Å². The van der Waals surface area contributed by atoms with Gasteiger partial charge in [0.25, 0.3) is 5.91 Å². The highest BCUT2D eigenvalue weighted by Gasteiger charge is 2.17. The summed E-state index contributed by atoms with van der Waals surface area (Å²) >= 11 is 0. The van der Waals surface area contributed by atoms with Crippen LogP contribution in [0.3, 0.4) is 0 Å². The highest BCUT2D eigenvalue weighted by atomic mass is 32.2.